The van der Waals surface area contributed by atoms with Crippen molar-refractivity contribution in [3.05, 3.63) is 88.8 Å². The van der Waals surface area contributed by atoms with Gasteiger partial charge in [0.15, 0.2) is 5.69 Å². The molecule has 2 heterocycles. The Hall–Kier alpha value is -3.35. The molecule has 1 aliphatic heterocycles. The van der Waals surface area contributed by atoms with Crippen molar-refractivity contribution in [2.45, 2.75) is 45.6 Å². The number of hydrogen-bond acceptors (Lipinski definition) is 4. The third-order valence-electron chi connectivity index (χ3n) is 6.89. The molecule has 1 fully saturated rings. The molecule has 1 aromatic heterocycles. The molecule has 9 heteroatoms. The number of aliphatic hydroxyl groups is 1. The van der Waals surface area contributed by atoms with E-state index in [1.54, 1.807) is 12.1 Å². The first kappa shape index (κ1) is 25.7. The van der Waals surface area contributed by atoms with Gasteiger partial charge in [0.05, 0.1) is 12.3 Å². The van der Waals surface area contributed by atoms with Crippen LogP contribution in [0.5, 0.6) is 5.75 Å². The van der Waals surface area contributed by atoms with E-state index in [9.17, 15) is 18.3 Å². The van der Waals surface area contributed by atoms with Gasteiger partial charge in [-0.3, -0.25) is 4.90 Å². The molecular weight excluding hydrogens is 469 g/mol. The topological polar surface area (TPSA) is 54.9 Å². The van der Waals surface area contributed by atoms with Gasteiger partial charge in [0.1, 0.15) is 11.6 Å². The lowest BCUT2D eigenvalue weighted by molar-refractivity contribution is -0.274. The number of hydrogen-bond donors (Lipinski definition) is 1. The van der Waals surface area contributed by atoms with Crippen molar-refractivity contribution >= 4 is 5.69 Å². The molecule has 0 unspecified atom stereocenters. The minimum absolute atomic E-state index is 0.0250. The average molecular weight is 499 g/mol. The van der Waals surface area contributed by atoms with Gasteiger partial charge in [-0.2, -0.15) is 0 Å². The van der Waals surface area contributed by atoms with Crippen LogP contribution in [-0.4, -0.2) is 45.6 Å². The number of aryl methyl sites for hydroxylation is 1. The van der Waals surface area contributed by atoms with E-state index in [1.165, 1.54) is 12.1 Å². The molecule has 3 aromatic rings. The van der Waals surface area contributed by atoms with Crippen molar-refractivity contribution in [3.63, 3.8) is 0 Å². The van der Waals surface area contributed by atoms with Crippen LogP contribution in [0.1, 0.15) is 35.5 Å². The van der Waals surface area contributed by atoms with Crippen molar-refractivity contribution in [2.24, 2.45) is 5.41 Å². The number of rotatable bonds is 8. The van der Waals surface area contributed by atoms with Gasteiger partial charge in [-0.1, -0.05) is 36.4 Å². The van der Waals surface area contributed by atoms with Crippen LogP contribution < -0.4 is 4.74 Å². The summed E-state index contributed by atoms with van der Waals surface area (Å²) in [7, 11) is 0. The maximum Gasteiger partial charge on any atom is 0.573 e. The third-order valence-corrected chi connectivity index (χ3v) is 6.89. The number of benzene rings is 2. The van der Waals surface area contributed by atoms with E-state index < -0.39 is 6.36 Å². The molecular formula is C27H29F3N4O2. The fraction of sp³-hybridized carbons (Fsp3) is 0.407. The zero-order valence-corrected chi connectivity index (χ0v) is 20.1. The van der Waals surface area contributed by atoms with E-state index in [0.717, 1.165) is 55.1 Å². The molecule has 36 heavy (non-hydrogen) atoms. The molecule has 0 amide bonds. The Morgan fingerprint density at radius 2 is 1.81 bits per heavy atom. The van der Waals surface area contributed by atoms with Gasteiger partial charge in [-0.25, -0.2) is 9.83 Å². The molecule has 0 bridgehead atoms. The van der Waals surface area contributed by atoms with Gasteiger partial charge in [0.2, 0.25) is 0 Å². The maximum absolute atomic E-state index is 12.6. The number of halogens is 3. The second kappa shape index (κ2) is 10.7. The summed E-state index contributed by atoms with van der Waals surface area (Å²) in [6.07, 6.45) is -0.879. The van der Waals surface area contributed by atoms with Crippen LogP contribution in [0.3, 0.4) is 0 Å². The maximum atomic E-state index is 12.6. The molecule has 0 radical (unpaired) electrons. The van der Waals surface area contributed by atoms with E-state index in [0.29, 0.717) is 18.7 Å². The highest BCUT2D eigenvalue weighted by molar-refractivity contribution is 5.45. The Labute approximate surface area is 208 Å². The zero-order chi connectivity index (χ0) is 25.8. The fourth-order valence-electron chi connectivity index (χ4n) is 4.81. The SMILES string of the molecule is [C-]#[N+]c1ccc(Cn2c(CN3CCC(CO)(Cc4cccc(OC(F)(F)F)c4)CC3)cnc2C)cc1. The first-order chi connectivity index (χ1) is 17.2. The molecule has 6 nitrogen and oxygen atoms in total. The molecule has 1 saturated heterocycles. The zero-order valence-electron chi connectivity index (χ0n) is 20.1. The third kappa shape index (κ3) is 6.45. The predicted octanol–water partition coefficient (Wildman–Crippen LogP) is 5.51. The highest BCUT2D eigenvalue weighted by atomic mass is 19.4. The Bertz CT molecular complexity index is 1210. The fourth-order valence-corrected chi connectivity index (χ4v) is 4.81. The number of alkyl halides is 3. The van der Waals surface area contributed by atoms with Crippen molar-refractivity contribution in [1.29, 1.82) is 0 Å². The lowest BCUT2D eigenvalue weighted by Gasteiger charge is -2.41. The van der Waals surface area contributed by atoms with Gasteiger partial charge < -0.3 is 14.4 Å². The summed E-state index contributed by atoms with van der Waals surface area (Å²) < 4.78 is 44.0. The van der Waals surface area contributed by atoms with Crippen molar-refractivity contribution < 1.29 is 23.0 Å². The second-order valence-corrected chi connectivity index (χ2v) is 9.47. The molecule has 0 aliphatic carbocycles. The summed E-state index contributed by atoms with van der Waals surface area (Å²) in [5.41, 5.74) is 3.14. The predicted molar refractivity (Wildman–Crippen MR) is 130 cm³/mol. The van der Waals surface area contributed by atoms with Crippen molar-refractivity contribution in [3.8, 4) is 5.75 Å². The minimum Gasteiger partial charge on any atom is -0.406 e. The van der Waals surface area contributed by atoms with Gasteiger partial charge in [0, 0.05) is 25.9 Å². The monoisotopic (exact) mass is 498 g/mol. The van der Waals surface area contributed by atoms with Gasteiger partial charge >= 0.3 is 6.36 Å². The quantitative estimate of drug-likeness (QED) is 0.417. The first-order valence-corrected chi connectivity index (χ1v) is 11.8. The molecule has 1 aliphatic rings. The normalized spacial score (nSPS) is 16.0. The van der Waals surface area contributed by atoms with Crippen LogP contribution in [0, 0.1) is 18.9 Å². The van der Waals surface area contributed by atoms with Crippen LogP contribution in [-0.2, 0) is 19.5 Å². The number of aromatic nitrogens is 2. The summed E-state index contributed by atoms with van der Waals surface area (Å²) in [5.74, 6) is 0.680. The Balaban J connectivity index is 1.39. The van der Waals surface area contributed by atoms with Crippen LogP contribution in [0.25, 0.3) is 4.85 Å². The Morgan fingerprint density at radius 1 is 1.08 bits per heavy atom. The molecule has 0 atom stereocenters. The van der Waals surface area contributed by atoms with E-state index in [2.05, 4.69) is 24.0 Å². The van der Waals surface area contributed by atoms with Gasteiger partial charge in [0.25, 0.3) is 0 Å². The Morgan fingerprint density at radius 3 is 2.44 bits per heavy atom. The standard InChI is InChI=1S/C27H29F3N4O2/c1-20-32-16-24(34(20)17-21-6-8-23(31-2)9-7-21)18-33-12-10-26(19-35,11-13-33)15-22-4-3-5-25(14-22)36-27(28,29)30/h3-9,14,16,35H,10-13,15,17-19H2,1H3. The van der Waals surface area contributed by atoms with Gasteiger partial charge in [-0.05, 0) is 68.0 Å². The number of piperidine rings is 1. The van der Waals surface area contributed by atoms with Gasteiger partial charge in [-0.15, -0.1) is 13.2 Å². The minimum atomic E-state index is -4.73. The Kier molecular flexibility index (Phi) is 7.67. The molecule has 1 N–H and O–H groups in total. The lowest BCUT2D eigenvalue weighted by Crippen LogP contribution is -2.43. The van der Waals surface area contributed by atoms with Crippen LogP contribution in [0.4, 0.5) is 18.9 Å². The first-order valence-electron chi connectivity index (χ1n) is 11.8. The summed E-state index contributed by atoms with van der Waals surface area (Å²) in [6.45, 7) is 12.0. The highest BCUT2D eigenvalue weighted by Gasteiger charge is 2.35. The molecule has 0 saturated carbocycles. The number of ether oxygens (including phenoxy) is 1. The summed E-state index contributed by atoms with van der Waals surface area (Å²) >= 11 is 0. The smallest absolute Gasteiger partial charge is 0.406 e. The summed E-state index contributed by atoms with van der Waals surface area (Å²) in [4.78, 5) is 10.3. The van der Waals surface area contributed by atoms with Crippen LogP contribution >= 0.6 is 0 Å². The van der Waals surface area contributed by atoms with E-state index in [1.807, 2.05) is 37.4 Å². The largest absolute Gasteiger partial charge is 0.573 e. The summed E-state index contributed by atoms with van der Waals surface area (Å²) in [6, 6.07) is 13.6. The highest BCUT2D eigenvalue weighted by Crippen LogP contribution is 2.36. The number of likely N-dealkylation sites (tertiary alicyclic amines) is 1. The van der Waals surface area contributed by atoms with Crippen molar-refractivity contribution in [1.82, 2.24) is 14.5 Å². The molecule has 2 aromatic carbocycles. The number of aliphatic hydroxyl groups excluding tert-OH is 1. The molecule has 0 spiro atoms. The lowest BCUT2D eigenvalue weighted by atomic mass is 9.74. The van der Waals surface area contributed by atoms with E-state index >= 15 is 0 Å². The molecule has 4 rings (SSSR count). The second-order valence-electron chi connectivity index (χ2n) is 9.47. The van der Waals surface area contributed by atoms with Crippen LogP contribution in [0.15, 0.2) is 54.7 Å². The average Bonchev–Trinajstić information content (AvgIpc) is 3.19. The van der Waals surface area contributed by atoms with E-state index in [4.69, 9.17) is 6.57 Å². The van der Waals surface area contributed by atoms with E-state index in [-0.39, 0.29) is 17.8 Å². The summed E-state index contributed by atoms with van der Waals surface area (Å²) in [5, 5.41) is 10.2. The number of nitrogens with zero attached hydrogens (tertiary/aromatic N) is 4. The molecule has 190 valence electrons. The number of imidazole rings is 1. The van der Waals surface area contributed by atoms with Crippen molar-refractivity contribution in [2.75, 3.05) is 19.7 Å². The van der Waals surface area contributed by atoms with Crippen LogP contribution in [0.2, 0.25) is 0 Å².